The summed E-state index contributed by atoms with van der Waals surface area (Å²) in [4.78, 5) is 37.8. The van der Waals surface area contributed by atoms with Gasteiger partial charge in [-0.05, 0) is 48.7 Å². The lowest BCUT2D eigenvalue weighted by molar-refractivity contribution is -0.117. The Labute approximate surface area is 217 Å². The molecule has 0 N–H and O–H groups in total. The van der Waals surface area contributed by atoms with E-state index in [0.29, 0.717) is 12.2 Å². The molecule has 0 saturated carbocycles. The third kappa shape index (κ3) is 5.70. The fourth-order valence-electron chi connectivity index (χ4n) is 4.76. The molecule has 9 heteroatoms. The van der Waals surface area contributed by atoms with Gasteiger partial charge in [-0.3, -0.25) is 14.2 Å². The number of aromatic nitrogens is 3. The number of benzene rings is 1. The smallest absolute Gasteiger partial charge is 0.258 e. The first-order valence-corrected chi connectivity index (χ1v) is 12.5. The van der Waals surface area contributed by atoms with E-state index in [4.69, 9.17) is 4.74 Å². The lowest BCUT2D eigenvalue weighted by Gasteiger charge is -2.32. The van der Waals surface area contributed by atoms with Gasteiger partial charge in [0.15, 0.2) is 0 Å². The monoisotopic (exact) mass is 509 g/mol. The summed E-state index contributed by atoms with van der Waals surface area (Å²) >= 11 is 0. The normalized spacial score (nSPS) is 16.2. The number of hydrogen-bond donors (Lipinski definition) is 0. The Bertz CT molecular complexity index is 1220. The number of ether oxygens (including phenoxy) is 1. The Morgan fingerprint density at radius 3 is 2.28 bits per heavy atom. The highest BCUT2D eigenvalue weighted by atomic mass is 35.5. The van der Waals surface area contributed by atoms with Gasteiger partial charge in [0.05, 0.1) is 0 Å². The molecule has 0 atom stereocenters. The quantitative estimate of drug-likeness (QED) is 0.475. The van der Waals surface area contributed by atoms with E-state index in [9.17, 15) is 9.59 Å². The van der Waals surface area contributed by atoms with E-state index >= 15 is 0 Å². The van der Waals surface area contributed by atoms with Crippen LogP contribution in [0.4, 0.5) is 11.6 Å². The van der Waals surface area contributed by atoms with Crippen molar-refractivity contribution in [3.63, 3.8) is 0 Å². The van der Waals surface area contributed by atoms with Crippen molar-refractivity contribution in [2.45, 2.75) is 51.6 Å². The van der Waals surface area contributed by atoms with Gasteiger partial charge >= 0.3 is 0 Å². The van der Waals surface area contributed by atoms with E-state index in [1.54, 1.807) is 21.7 Å². The first-order valence-electron chi connectivity index (χ1n) is 12.5. The minimum atomic E-state index is -0.148. The van der Waals surface area contributed by atoms with Crippen LogP contribution in [0.5, 0.6) is 5.75 Å². The molecular formula is C27H32ClN5O3. The minimum Gasteiger partial charge on any atom is -0.490 e. The first-order chi connectivity index (χ1) is 17.1. The third-order valence-corrected chi connectivity index (χ3v) is 6.66. The molecule has 2 aliphatic heterocycles. The van der Waals surface area contributed by atoms with Gasteiger partial charge in [0.1, 0.15) is 11.9 Å². The molecule has 0 spiro atoms. The van der Waals surface area contributed by atoms with Crippen LogP contribution in [0.15, 0.2) is 59.8 Å². The van der Waals surface area contributed by atoms with E-state index < -0.39 is 0 Å². The molecule has 190 valence electrons. The number of carbonyl (C=O) groups excluding carboxylic acids is 1. The van der Waals surface area contributed by atoms with Crippen molar-refractivity contribution < 1.29 is 9.53 Å². The highest BCUT2D eigenvalue weighted by Crippen LogP contribution is 2.24. The Hall–Kier alpha value is -3.39. The van der Waals surface area contributed by atoms with Crippen LogP contribution >= 0.6 is 12.4 Å². The van der Waals surface area contributed by atoms with Crippen LogP contribution in [-0.4, -0.2) is 46.2 Å². The maximum atomic E-state index is 12.8. The molecule has 0 radical (unpaired) electrons. The summed E-state index contributed by atoms with van der Waals surface area (Å²) in [5.74, 6) is 1.51. The first kappa shape index (κ1) is 25.7. The van der Waals surface area contributed by atoms with Gasteiger partial charge in [0, 0.05) is 74.9 Å². The van der Waals surface area contributed by atoms with E-state index in [2.05, 4.69) is 21.8 Å². The number of carbonyl (C=O) groups is 1. The van der Waals surface area contributed by atoms with E-state index in [1.165, 1.54) is 5.56 Å². The zero-order chi connectivity index (χ0) is 24.2. The van der Waals surface area contributed by atoms with Crippen LogP contribution in [0.3, 0.4) is 0 Å². The molecule has 2 saturated heterocycles. The van der Waals surface area contributed by atoms with Crippen molar-refractivity contribution in [1.29, 1.82) is 0 Å². The van der Waals surface area contributed by atoms with Crippen LogP contribution < -0.4 is 20.1 Å². The molecule has 1 amide bonds. The average molecular weight is 510 g/mol. The fraction of sp³-hybridized carbons (Fsp3) is 0.407. The lowest BCUT2D eigenvalue weighted by atomic mass is 10.1. The van der Waals surface area contributed by atoms with E-state index in [0.717, 1.165) is 69.1 Å². The van der Waals surface area contributed by atoms with Crippen molar-refractivity contribution >= 4 is 29.9 Å². The molecule has 0 bridgehead atoms. The Morgan fingerprint density at radius 1 is 0.972 bits per heavy atom. The van der Waals surface area contributed by atoms with Crippen LogP contribution in [0.1, 0.15) is 44.6 Å². The van der Waals surface area contributed by atoms with Crippen molar-refractivity contribution in [1.82, 2.24) is 14.5 Å². The Kier molecular flexibility index (Phi) is 8.25. The van der Waals surface area contributed by atoms with Crippen LogP contribution in [0.2, 0.25) is 0 Å². The molecule has 36 heavy (non-hydrogen) atoms. The predicted molar refractivity (Wildman–Crippen MR) is 143 cm³/mol. The number of halogens is 1. The van der Waals surface area contributed by atoms with Gasteiger partial charge < -0.3 is 14.5 Å². The standard InChI is InChI=1S/C27H31N5O3.ClH/c1-2-4-20-18-28-27(29-19-20)30-14-10-23(11-15-30)35-24-12-16-32(26(34)17-24)22-8-6-21(7-9-22)31-13-3-5-25(31)33;/h6-9,12,16-19,23H,2-5,10-11,13-15H2,1H3;1H. The van der Waals surface area contributed by atoms with Crippen molar-refractivity contribution in [2.24, 2.45) is 0 Å². The minimum absolute atomic E-state index is 0. The molecule has 8 nitrogen and oxygen atoms in total. The molecule has 2 aliphatic rings. The SMILES string of the molecule is CCCc1cnc(N2CCC(Oc3ccn(-c4ccc(N5CCCC5=O)cc4)c(=O)c3)CC2)nc1.Cl. The van der Waals surface area contributed by atoms with E-state index in [1.807, 2.05) is 42.7 Å². The fourth-order valence-corrected chi connectivity index (χ4v) is 4.76. The summed E-state index contributed by atoms with van der Waals surface area (Å²) in [7, 11) is 0. The summed E-state index contributed by atoms with van der Waals surface area (Å²) in [6, 6.07) is 10.9. The molecule has 4 heterocycles. The van der Waals surface area contributed by atoms with Crippen molar-refractivity contribution in [2.75, 3.05) is 29.4 Å². The number of rotatable bonds is 7. The zero-order valence-corrected chi connectivity index (χ0v) is 21.3. The van der Waals surface area contributed by atoms with Crippen LogP contribution in [0, 0.1) is 0 Å². The zero-order valence-electron chi connectivity index (χ0n) is 20.5. The summed E-state index contributed by atoms with van der Waals surface area (Å²) in [6.45, 7) is 4.54. The van der Waals surface area contributed by atoms with Gasteiger partial charge in [-0.1, -0.05) is 13.3 Å². The maximum Gasteiger partial charge on any atom is 0.258 e. The summed E-state index contributed by atoms with van der Waals surface area (Å²) in [6.07, 6.45) is 10.9. The van der Waals surface area contributed by atoms with Crippen LogP contribution in [-0.2, 0) is 11.2 Å². The average Bonchev–Trinajstić information content (AvgIpc) is 3.31. The molecule has 1 aromatic carbocycles. The van der Waals surface area contributed by atoms with Crippen molar-refractivity contribution in [3.8, 4) is 11.4 Å². The molecule has 0 unspecified atom stereocenters. The molecule has 2 fully saturated rings. The van der Waals surface area contributed by atoms with Gasteiger partial charge in [-0.25, -0.2) is 9.97 Å². The largest absolute Gasteiger partial charge is 0.490 e. The Morgan fingerprint density at radius 2 is 1.67 bits per heavy atom. The van der Waals surface area contributed by atoms with Gasteiger partial charge in [-0.2, -0.15) is 0 Å². The summed E-state index contributed by atoms with van der Waals surface area (Å²) in [5, 5.41) is 0. The molecule has 5 rings (SSSR count). The predicted octanol–water partition coefficient (Wildman–Crippen LogP) is 4.18. The number of anilines is 2. The summed E-state index contributed by atoms with van der Waals surface area (Å²) in [5.41, 5.74) is 2.65. The molecule has 0 aliphatic carbocycles. The Balaban J connectivity index is 0.00000304. The number of aryl methyl sites for hydroxylation is 1. The number of amides is 1. The maximum absolute atomic E-state index is 12.8. The third-order valence-electron chi connectivity index (χ3n) is 6.66. The highest BCUT2D eigenvalue weighted by molar-refractivity contribution is 5.95. The number of piperidine rings is 1. The van der Waals surface area contributed by atoms with Gasteiger partial charge in [0.2, 0.25) is 11.9 Å². The molecular weight excluding hydrogens is 478 g/mol. The number of hydrogen-bond acceptors (Lipinski definition) is 6. The summed E-state index contributed by atoms with van der Waals surface area (Å²) < 4.78 is 7.72. The second-order valence-electron chi connectivity index (χ2n) is 9.18. The lowest BCUT2D eigenvalue weighted by Crippen LogP contribution is -2.39. The van der Waals surface area contributed by atoms with Crippen LogP contribution in [0.25, 0.3) is 5.69 Å². The topological polar surface area (TPSA) is 80.6 Å². The second kappa shape index (κ2) is 11.6. The van der Waals surface area contributed by atoms with Crippen molar-refractivity contribution in [3.05, 3.63) is 70.9 Å². The number of nitrogens with zero attached hydrogens (tertiary/aromatic N) is 5. The molecule has 3 aromatic rings. The van der Waals surface area contributed by atoms with E-state index in [-0.39, 0.29) is 30.0 Å². The van der Waals surface area contributed by atoms with Gasteiger partial charge in [-0.15, -0.1) is 12.4 Å². The second-order valence-corrected chi connectivity index (χ2v) is 9.18. The highest BCUT2D eigenvalue weighted by Gasteiger charge is 2.23. The molecule has 2 aromatic heterocycles. The van der Waals surface area contributed by atoms with Gasteiger partial charge in [0.25, 0.3) is 5.56 Å². The number of pyridine rings is 1.